The first kappa shape index (κ1) is 13.0. The summed E-state index contributed by atoms with van der Waals surface area (Å²) in [5.74, 6) is 0.431. The Morgan fingerprint density at radius 1 is 1.50 bits per heavy atom. The van der Waals surface area contributed by atoms with Crippen LogP contribution in [0.5, 0.6) is 11.5 Å². The lowest BCUT2D eigenvalue weighted by molar-refractivity contribution is -0.146. The lowest BCUT2D eigenvalue weighted by atomic mass is 9.84. The highest BCUT2D eigenvalue weighted by molar-refractivity contribution is 6.31. The SMILES string of the molecule is Cc1c(CC(C)(C)C(=O)O)c(Cl)cc2c1OCO2. The first-order valence-electron chi connectivity index (χ1n) is 5.64. The van der Waals surface area contributed by atoms with E-state index in [0.29, 0.717) is 22.9 Å². The van der Waals surface area contributed by atoms with Crippen LogP contribution in [0.2, 0.25) is 5.02 Å². The second-order valence-corrected chi connectivity index (χ2v) is 5.47. The number of ether oxygens (including phenoxy) is 2. The summed E-state index contributed by atoms with van der Waals surface area (Å²) in [6.45, 7) is 5.40. The van der Waals surface area contributed by atoms with Gasteiger partial charge in [0.05, 0.1) is 5.41 Å². The third-order valence-corrected chi connectivity index (χ3v) is 3.52. The van der Waals surface area contributed by atoms with Gasteiger partial charge in [-0.1, -0.05) is 11.6 Å². The standard InChI is InChI=1S/C13H15ClO4/c1-7-8(5-13(2,3)12(15)16)9(14)4-10-11(7)18-6-17-10/h4H,5-6H2,1-3H3,(H,15,16). The monoisotopic (exact) mass is 270 g/mol. The zero-order valence-corrected chi connectivity index (χ0v) is 11.3. The molecule has 4 nitrogen and oxygen atoms in total. The number of hydrogen-bond donors (Lipinski definition) is 1. The highest BCUT2D eigenvalue weighted by Gasteiger charge is 2.31. The molecule has 98 valence electrons. The average Bonchev–Trinajstić information content (AvgIpc) is 2.72. The first-order chi connectivity index (χ1) is 8.33. The molecular formula is C13H15ClO4. The third kappa shape index (κ3) is 2.12. The molecule has 0 bridgehead atoms. The van der Waals surface area contributed by atoms with E-state index < -0.39 is 11.4 Å². The van der Waals surface area contributed by atoms with E-state index in [0.717, 1.165) is 11.1 Å². The summed E-state index contributed by atoms with van der Waals surface area (Å²) in [7, 11) is 0. The molecule has 0 unspecified atom stereocenters. The summed E-state index contributed by atoms with van der Waals surface area (Å²) >= 11 is 6.20. The summed E-state index contributed by atoms with van der Waals surface area (Å²) in [4.78, 5) is 11.2. The van der Waals surface area contributed by atoms with Crippen molar-refractivity contribution in [1.82, 2.24) is 0 Å². The molecule has 0 aliphatic carbocycles. The van der Waals surface area contributed by atoms with Crippen molar-refractivity contribution in [3.05, 3.63) is 22.2 Å². The second kappa shape index (κ2) is 4.35. The summed E-state index contributed by atoms with van der Waals surface area (Å²) < 4.78 is 10.6. The summed E-state index contributed by atoms with van der Waals surface area (Å²) in [5.41, 5.74) is 0.778. The molecule has 1 aromatic carbocycles. The molecule has 1 aliphatic rings. The van der Waals surface area contributed by atoms with Crippen molar-refractivity contribution >= 4 is 17.6 Å². The van der Waals surface area contributed by atoms with Crippen LogP contribution in [0, 0.1) is 12.3 Å². The molecular weight excluding hydrogens is 256 g/mol. The normalized spacial score (nSPS) is 13.8. The number of hydrogen-bond acceptors (Lipinski definition) is 3. The maximum absolute atomic E-state index is 11.2. The summed E-state index contributed by atoms with van der Waals surface area (Å²) in [6, 6.07) is 1.68. The Morgan fingerprint density at radius 3 is 2.78 bits per heavy atom. The third-order valence-electron chi connectivity index (χ3n) is 3.18. The molecule has 0 spiro atoms. The number of rotatable bonds is 3. The van der Waals surface area contributed by atoms with Crippen LogP contribution in [0.15, 0.2) is 6.07 Å². The van der Waals surface area contributed by atoms with Crippen LogP contribution in [-0.4, -0.2) is 17.9 Å². The van der Waals surface area contributed by atoms with Gasteiger partial charge in [0, 0.05) is 11.1 Å². The first-order valence-corrected chi connectivity index (χ1v) is 6.01. The van der Waals surface area contributed by atoms with Gasteiger partial charge < -0.3 is 14.6 Å². The highest BCUT2D eigenvalue weighted by atomic mass is 35.5. The van der Waals surface area contributed by atoms with Gasteiger partial charge in [-0.25, -0.2) is 0 Å². The van der Waals surface area contributed by atoms with Crippen molar-refractivity contribution in [3.63, 3.8) is 0 Å². The van der Waals surface area contributed by atoms with Gasteiger partial charge >= 0.3 is 5.97 Å². The summed E-state index contributed by atoms with van der Waals surface area (Å²) in [6.07, 6.45) is 0.351. The molecule has 0 radical (unpaired) electrons. The number of carboxylic acids is 1. The molecule has 1 N–H and O–H groups in total. The number of carboxylic acid groups (broad SMARTS) is 1. The Labute approximate surface area is 110 Å². The van der Waals surface area contributed by atoms with E-state index in [4.69, 9.17) is 21.1 Å². The van der Waals surface area contributed by atoms with Crippen LogP contribution in [0.25, 0.3) is 0 Å². The topological polar surface area (TPSA) is 55.8 Å². The predicted molar refractivity (Wildman–Crippen MR) is 67.4 cm³/mol. The Bertz CT molecular complexity index is 508. The van der Waals surface area contributed by atoms with Crippen LogP contribution in [-0.2, 0) is 11.2 Å². The van der Waals surface area contributed by atoms with Gasteiger partial charge in [-0.3, -0.25) is 4.79 Å². The maximum atomic E-state index is 11.2. The fraction of sp³-hybridized carbons (Fsp3) is 0.462. The van der Waals surface area contributed by atoms with Crippen molar-refractivity contribution in [2.75, 3.05) is 6.79 Å². The molecule has 5 heteroatoms. The van der Waals surface area contributed by atoms with Gasteiger partial charge in [0.25, 0.3) is 0 Å². The molecule has 0 fully saturated rings. The Balaban J connectivity index is 2.43. The number of aliphatic carboxylic acids is 1. The number of halogens is 1. The number of benzene rings is 1. The fourth-order valence-electron chi connectivity index (χ4n) is 1.94. The minimum Gasteiger partial charge on any atom is -0.481 e. The summed E-state index contributed by atoms with van der Waals surface area (Å²) in [5, 5.41) is 9.70. The molecule has 1 aliphatic heterocycles. The fourth-order valence-corrected chi connectivity index (χ4v) is 2.25. The largest absolute Gasteiger partial charge is 0.481 e. The van der Waals surface area contributed by atoms with E-state index >= 15 is 0 Å². The molecule has 1 aromatic rings. The Morgan fingerprint density at radius 2 is 2.17 bits per heavy atom. The molecule has 0 saturated carbocycles. The predicted octanol–water partition coefficient (Wildman–Crippen LogP) is 3.03. The zero-order valence-electron chi connectivity index (χ0n) is 10.5. The number of carbonyl (C=O) groups is 1. The molecule has 0 aromatic heterocycles. The van der Waals surface area contributed by atoms with Crippen LogP contribution >= 0.6 is 11.6 Å². The van der Waals surface area contributed by atoms with E-state index in [1.54, 1.807) is 19.9 Å². The molecule has 18 heavy (non-hydrogen) atoms. The van der Waals surface area contributed by atoms with Crippen LogP contribution in [0.3, 0.4) is 0 Å². The second-order valence-electron chi connectivity index (χ2n) is 5.06. The quantitative estimate of drug-likeness (QED) is 0.917. The van der Waals surface area contributed by atoms with E-state index in [9.17, 15) is 9.90 Å². The molecule has 0 saturated heterocycles. The molecule has 0 atom stereocenters. The van der Waals surface area contributed by atoms with Gasteiger partial charge in [0.15, 0.2) is 11.5 Å². The molecule has 0 amide bonds. The van der Waals surface area contributed by atoms with Crippen LogP contribution in [0.1, 0.15) is 25.0 Å². The van der Waals surface area contributed by atoms with E-state index in [2.05, 4.69) is 0 Å². The van der Waals surface area contributed by atoms with Gasteiger partial charge in [0.1, 0.15) is 0 Å². The lowest BCUT2D eigenvalue weighted by Gasteiger charge is -2.21. The number of fused-ring (bicyclic) bond motifs is 1. The smallest absolute Gasteiger partial charge is 0.309 e. The van der Waals surface area contributed by atoms with Crippen LogP contribution < -0.4 is 9.47 Å². The minimum absolute atomic E-state index is 0.179. The van der Waals surface area contributed by atoms with Gasteiger partial charge in [-0.05, 0) is 38.3 Å². The van der Waals surface area contributed by atoms with Crippen molar-refractivity contribution in [3.8, 4) is 11.5 Å². The lowest BCUT2D eigenvalue weighted by Crippen LogP contribution is -2.26. The van der Waals surface area contributed by atoms with Gasteiger partial charge in [-0.15, -0.1) is 0 Å². The van der Waals surface area contributed by atoms with Crippen LogP contribution in [0.4, 0.5) is 0 Å². The molecule has 1 heterocycles. The Hall–Kier alpha value is -1.42. The van der Waals surface area contributed by atoms with Crippen molar-refractivity contribution in [2.45, 2.75) is 27.2 Å². The van der Waals surface area contributed by atoms with Gasteiger partial charge in [0.2, 0.25) is 6.79 Å². The Kier molecular flexibility index (Phi) is 3.15. The van der Waals surface area contributed by atoms with Crippen molar-refractivity contribution < 1.29 is 19.4 Å². The van der Waals surface area contributed by atoms with E-state index in [-0.39, 0.29) is 6.79 Å². The highest BCUT2D eigenvalue weighted by Crippen LogP contribution is 2.42. The maximum Gasteiger partial charge on any atom is 0.309 e. The minimum atomic E-state index is -0.873. The van der Waals surface area contributed by atoms with Crippen molar-refractivity contribution in [1.29, 1.82) is 0 Å². The average molecular weight is 271 g/mol. The van der Waals surface area contributed by atoms with E-state index in [1.165, 1.54) is 0 Å². The molecule has 2 rings (SSSR count). The zero-order chi connectivity index (χ0) is 13.5. The van der Waals surface area contributed by atoms with E-state index in [1.807, 2.05) is 6.92 Å². The van der Waals surface area contributed by atoms with Crippen molar-refractivity contribution in [2.24, 2.45) is 5.41 Å². The van der Waals surface area contributed by atoms with Gasteiger partial charge in [-0.2, -0.15) is 0 Å².